The highest BCUT2D eigenvalue weighted by atomic mass is 32.2. The number of nitrogens with one attached hydrogen (secondary N) is 3. The molecule has 0 atom stereocenters. The molecule has 0 bridgehead atoms. The molecule has 3 aromatic rings. The maximum absolute atomic E-state index is 12.2. The molecule has 3 rings (SSSR count). The van der Waals surface area contributed by atoms with Crippen LogP contribution in [0.5, 0.6) is 5.75 Å². The van der Waals surface area contributed by atoms with Gasteiger partial charge in [-0.1, -0.05) is 23.9 Å². The third-order valence-corrected chi connectivity index (χ3v) is 5.32. The third kappa shape index (κ3) is 6.71. The largest absolute Gasteiger partial charge is 0.497 e. The second-order valence-corrected chi connectivity index (χ2v) is 7.88. The molecular weight excluding hydrogens is 426 g/mol. The molecule has 0 saturated heterocycles. The number of hydrogen-bond donors (Lipinski definition) is 3. The van der Waals surface area contributed by atoms with Crippen molar-refractivity contribution in [2.24, 2.45) is 0 Å². The van der Waals surface area contributed by atoms with E-state index in [4.69, 9.17) is 4.74 Å². The van der Waals surface area contributed by atoms with Gasteiger partial charge in [-0.25, -0.2) is 9.97 Å². The Morgan fingerprint density at radius 3 is 2.90 bits per heavy atom. The van der Waals surface area contributed by atoms with Gasteiger partial charge in [0.05, 0.1) is 25.0 Å². The summed E-state index contributed by atoms with van der Waals surface area (Å²) in [5.41, 5.74) is 0.831. The van der Waals surface area contributed by atoms with Crippen molar-refractivity contribution < 1.29 is 14.3 Å². The molecule has 0 saturated carbocycles. The van der Waals surface area contributed by atoms with Gasteiger partial charge in [-0.3, -0.25) is 14.4 Å². The minimum absolute atomic E-state index is 0.0488. The number of ether oxygens (including phenoxy) is 1. The van der Waals surface area contributed by atoms with Crippen LogP contribution in [0.15, 0.2) is 51.9 Å². The van der Waals surface area contributed by atoms with Gasteiger partial charge in [0.15, 0.2) is 10.3 Å². The summed E-state index contributed by atoms with van der Waals surface area (Å²) in [4.78, 5) is 46.8. The number of aromatic amines is 1. The number of rotatable bonds is 9. The molecule has 1 aromatic carbocycles. The number of nitrogens with zero attached hydrogens (tertiary/aromatic N) is 2. The van der Waals surface area contributed by atoms with Gasteiger partial charge in [0.1, 0.15) is 5.75 Å². The van der Waals surface area contributed by atoms with Crippen LogP contribution in [0.3, 0.4) is 0 Å². The summed E-state index contributed by atoms with van der Waals surface area (Å²) in [6, 6.07) is 8.64. The number of aromatic nitrogens is 3. The van der Waals surface area contributed by atoms with Crippen molar-refractivity contribution in [1.29, 1.82) is 0 Å². The highest BCUT2D eigenvalue weighted by Gasteiger charge is 2.10. The minimum atomic E-state index is -0.386. The fourth-order valence-corrected chi connectivity index (χ4v) is 3.67. The fraction of sp³-hybridized carbons (Fsp3) is 0.211. The molecule has 156 valence electrons. The Kier molecular flexibility index (Phi) is 7.57. The number of anilines is 1. The number of thiazole rings is 1. The van der Waals surface area contributed by atoms with Gasteiger partial charge in [0.25, 0.3) is 5.56 Å². The first-order valence-corrected chi connectivity index (χ1v) is 10.7. The van der Waals surface area contributed by atoms with Crippen LogP contribution in [0, 0.1) is 0 Å². The topological polar surface area (TPSA) is 126 Å². The van der Waals surface area contributed by atoms with Crippen LogP contribution in [-0.4, -0.2) is 39.6 Å². The Bertz CT molecular complexity index is 1070. The van der Waals surface area contributed by atoms with E-state index in [1.807, 2.05) is 24.3 Å². The summed E-state index contributed by atoms with van der Waals surface area (Å²) in [7, 11) is 1.58. The first-order chi connectivity index (χ1) is 14.5. The number of hydrogen-bond acceptors (Lipinski definition) is 8. The van der Waals surface area contributed by atoms with Crippen LogP contribution >= 0.6 is 23.1 Å². The molecule has 30 heavy (non-hydrogen) atoms. The zero-order valence-electron chi connectivity index (χ0n) is 16.0. The lowest BCUT2D eigenvalue weighted by atomic mass is 10.2. The highest BCUT2D eigenvalue weighted by Crippen LogP contribution is 2.15. The number of carbonyl (C=O) groups excluding carboxylic acids is 2. The van der Waals surface area contributed by atoms with Gasteiger partial charge in [-0.05, 0) is 17.7 Å². The lowest BCUT2D eigenvalue weighted by molar-refractivity contribution is -0.120. The van der Waals surface area contributed by atoms with E-state index >= 15 is 0 Å². The monoisotopic (exact) mass is 445 g/mol. The molecule has 0 unspecified atom stereocenters. The Morgan fingerprint density at radius 2 is 2.13 bits per heavy atom. The highest BCUT2D eigenvalue weighted by molar-refractivity contribution is 7.99. The Balaban J connectivity index is 1.53. The lowest BCUT2D eigenvalue weighted by Gasteiger charge is -2.07. The summed E-state index contributed by atoms with van der Waals surface area (Å²) < 4.78 is 5.16. The molecule has 2 aromatic heterocycles. The smallest absolute Gasteiger partial charge is 0.251 e. The first kappa shape index (κ1) is 21.5. The van der Waals surface area contributed by atoms with Crippen LogP contribution in [-0.2, 0) is 22.6 Å². The molecule has 0 aliphatic heterocycles. The van der Waals surface area contributed by atoms with Crippen LogP contribution < -0.4 is 20.9 Å². The van der Waals surface area contributed by atoms with E-state index in [2.05, 4.69) is 25.6 Å². The molecular formula is C19H19N5O4S2. The average Bonchev–Trinajstić information content (AvgIpc) is 3.23. The third-order valence-electron chi connectivity index (χ3n) is 3.76. The van der Waals surface area contributed by atoms with E-state index in [1.54, 1.807) is 18.7 Å². The van der Waals surface area contributed by atoms with Crippen molar-refractivity contribution in [3.63, 3.8) is 0 Å². The Labute approximate surface area is 180 Å². The summed E-state index contributed by atoms with van der Waals surface area (Å²) >= 11 is 2.39. The van der Waals surface area contributed by atoms with E-state index < -0.39 is 0 Å². The standard InChI is InChI=1S/C19H19N5O4S2/c1-28-14-4-2-3-12(7-14)10-21-15(25)8-13-9-16(26)23-19(22-13)30-11-17(27)24-18-20-5-6-29-18/h2-7,9H,8,10-11H2,1H3,(H,21,25)(H,20,24,27)(H,22,23,26). The molecule has 3 N–H and O–H groups in total. The van der Waals surface area contributed by atoms with Gasteiger partial charge in [-0.2, -0.15) is 0 Å². The summed E-state index contributed by atoms with van der Waals surface area (Å²) in [5.74, 6) is 0.222. The number of benzene rings is 1. The lowest BCUT2D eigenvalue weighted by Crippen LogP contribution is -2.26. The number of amides is 2. The Morgan fingerprint density at radius 1 is 1.27 bits per heavy atom. The second-order valence-electron chi connectivity index (χ2n) is 6.02. The Hall–Kier alpha value is -3.18. The van der Waals surface area contributed by atoms with Gasteiger partial charge in [0, 0.05) is 24.2 Å². The van der Waals surface area contributed by atoms with Crippen molar-refractivity contribution in [2.45, 2.75) is 18.1 Å². The maximum Gasteiger partial charge on any atom is 0.251 e. The van der Waals surface area contributed by atoms with Crippen molar-refractivity contribution in [3.8, 4) is 5.75 Å². The van der Waals surface area contributed by atoms with Crippen LogP contribution in [0.2, 0.25) is 0 Å². The van der Waals surface area contributed by atoms with Crippen molar-refractivity contribution in [3.05, 3.63) is 63.5 Å². The fourth-order valence-electron chi connectivity index (χ4n) is 2.43. The summed E-state index contributed by atoms with van der Waals surface area (Å²) in [5, 5.41) is 7.97. The van der Waals surface area contributed by atoms with E-state index in [1.165, 1.54) is 17.4 Å². The number of methoxy groups -OCH3 is 1. The van der Waals surface area contributed by atoms with Gasteiger partial charge in [-0.15, -0.1) is 11.3 Å². The predicted octanol–water partition coefficient (Wildman–Crippen LogP) is 1.82. The van der Waals surface area contributed by atoms with Crippen molar-refractivity contribution in [1.82, 2.24) is 20.3 Å². The van der Waals surface area contributed by atoms with Crippen LogP contribution in [0.4, 0.5) is 5.13 Å². The normalized spacial score (nSPS) is 10.4. The molecule has 0 aliphatic carbocycles. The molecule has 9 nitrogen and oxygen atoms in total. The summed E-state index contributed by atoms with van der Waals surface area (Å²) in [6.07, 6.45) is 1.54. The second kappa shape index (κ2) is 10.6. The number of H-pyrrole nitrogens is 1. The van der Waals surface area contributed by atoms with Crippen molar-refractivity contribution >= 4 is 40.0 Å². The molecule has 0 spiro atoms. The SMILES string of the molecule is COc1cccc(CNC(=O)Cc2cc(=O)[nH]c(SCC(=O)Nc3nccs3)n2)c1. The molecule has 0 aliphatic rings. The predicted molar refractivity (Wildman–Crippen MR) is 115 cm³/mol. The van der Waals surface area contributed by atoms with Gasteiger partial charge in [0.2, 0.25) is 11.8 Å². The molecule has 2 heterocycles. The quantitative estimate of drug-likeness (QED) is 0.339. The van der Waals surface area contributed by atoms with E-state index in [0.717, 1.165) is 17.3 Å². The van der Waals surface area contributed by atoms with E-state index in [9.17, 15) is 14.4 Å². The van der Waals surface area contributed by atoms with Crippen LogP contribution in [0.1, 0.15) is 11.3 Å². The van der Waals surface area contributed by atoms with Crippen molar-refractivity contribution in [2.75, 3.05) is 18.2 Å². The van der Waals surface area contributed by atoms with E-state index in [0.29, 0.717) is 23.1 Å². The van der Waals surface area contributed by atoms with E-state index in [-0.39, 0.29) is 34.7 Å². The first-order valence-electron chi connectivity index (χ1n) is 8.84. The minimum Gasteiger partial charge on any atom is -0.497 e. The van der Waals surface area contributed by atoms with Crippen LogP contribution in [0.25, 0.3) is 0 Å². The number of thioether (sulfide) groups is 1. The zero-order chi connectivity index (χ0) is 21.3. The number of carbonyl (C=O) groups is 2. The summed E-state index contributed by atoms with van der Waals surface area (Å²) in [6.45, 7) is 0.331. The molecule has 11 heteroatoms. The van der Waals surface area contributed by atoms with Gasteiger partial charge < -0.3 is 20.4 Å². The molecule has 0 radical (unpaired) electrons. The average molecular weight is 446 g/mol. The zero-order valence-corrected chi connectivity index (χ0v) is 17.6. The maximum atomic E-state index is 12.2. The molecule has 0 fully saturated rings. The molecule has 2 amide bonds. The van der Waals surface area contributed by atoms with Gasteiger partial charge >= 0.3 is 0 Å².